The van der Waals surface area contributed by atoms with Crippen LogP contribution >= 0.6 is 15.9 Å². The van der Waals surface area contributed by atoms with Crippen molar-refractivity contribution in [2.75, 3.05) is 0 Å². The normalized spacial score (nSPS) is 9.67. The maximum absolute atomic E-state index is 12.5. The van der Waals surface area contributed by atoms with E-state index < -0.39 is 0 Å². The number of hydrogen-bond donors (Lipinski definition) is 0. The smallest absolute Gasteiger partial charge is 0.138 e. The highest BCUT2D eigenvalue weighted by molar-refractivity contribution is 9.10. The van der Waals surface area contributed by atoms with Crippen LogP contribution in [0.5, 0.6) is 0 Å². The summed E-state index contributed by atoms with van der Waals surface area (Å²) in [6.07, 6.45) is 0. The quantitative estimate of drug-likeness (QED) is 0.587. The molecule has 0 saturated heterocycles. The van der Waals surface area contributed by atoms with E-state index in [9.17, 15) is 4.39 Å². The molecule has 0 aliphatic rings. The second-order valence-corrected chi connectivity index (χ2v) is 2.63. The first kappa shape index (κ1) is 6.75. The van der Waals surface area contributed by atoms with Crippen LogP contribution in [0, 0.1) is 18.8 Å². The Balaban J connectivity index is 3.17. The average Bonchev–Trinajstić information content (AvgIpc) is 1.80. The average molecular weight is 188 g/mol. The van der Waals surface area contributed by atoms with Gasteiger partial charge in [0, 0.05) is 6.07 Å². The SMILES string of the molecule is Cc1c[c]c(Br)c(F)c1. The molecule has 0 saturated carbocycles. The lowest BCUT2D eigenvalue weighted by Gasteiger charge is -1.92. The largest absolute Gasteiger partial charge is 0.206 e. The van der Waals surface area contributed by atoms with E-state index in [0.29, 0.717) is 4.47 Å². The van der Waals surface area contributed by atoms with Crippen LogP contribution in [0.1, 0.15) is 5.56 Å². The van der Waals surface area contributed by atoms with Gasteiger partial charge in [0.25, 0.3) is 0 Å². The van der Waals surface area contributed by atoms with E-state index in [1.54, 1.807) is 6.07 Å². The van der Waals surface area contributed by atoms with Crippen molar-refractivity contribution < 1.29 is 4.39 Å². The fourth-order valence-corrected chi connectivity index (χ4v) is 0.780. The molecule has 0 bridgehead atoms. The van der Waals surface area contributed by atoms with Gasteiger partial charge in [0.2, 0.25) is 0 Å². The Morgan fingerprint density at radius 1 is 1.67 bits per heavy atom. The van der Waals surface area contributed by atoms with Crippen molar-refractivity contribution in [3.63, 3.8) is 0 Å². The topological polar surface area (TPSA) is 0 Å². The number of rotatable bonds is 0. The van der Waals surface area contributed by atoms with Crippen LogP contribution in [-0.2, 0) is 0 Å². The highest BCUT2D eigenvalue weighted by Gasteiger charge is 1.95. The zero-order valence-electron chi connectivity index (χ0n) is 4.91. The van der Waals surface area contributed by atoms with E-state index in [1.165, 1.54) is 6.07 Å². The number of halogens is 2. The Morgan fingerprint density at radius 3 is 2.78 bits per heavy atom. The summed E-state index contributed by atoms with van der Waals surface area (Å²) in [6.45, 7) is 1.83. The number of benzene rings is 1. The maximum atomic E-state index is 12.5. The second-order valence-electron chi connectivity index (χ2n) is 1.84. The van der Waals surface area contributed by atoms with Gasteiger partial charge in [-0.05, 0) is 34.5 Å². The summed E-state index contributed by atoms with van der Waals surface area (Å²) in [7, 11) is 0. The predicted octanol–water partition coefficient (Wildman–Crippen LogP) is 2.70. The highest BCUT2D eigenvalue weighted by Crippen LogP contribution is 2.14. The summed E-state index contributed by atoms with van der Waals surface area (Å²) in [5.74, 6) is -0.255. The zero-order valence-corrected chi connectivity index (χ0v) is 6.50. The van der Waals surface area contributed by atoms with Crippen LogP contribution in [0.25, 0.3) is 0 Å². The fourth-order valence-electron chi connectivity index (χ4n) is 0.551. The molecule has 1 radical (unpaired) electrons. The molecule has 9 heavy (non-hydrogen) atoms. The molecule has 0 atom stereocenters. The van der Waals surface area contributed by atoms with Crippen molar-refractivity contribution in [1.82, 2.24) is 0 Å². The first-order chi connectivity index (χ1) is 4.20. The summed E-state index contributed by atoms with van der Waals surface area (Å²) in [4.78, 5) is 0. The molecule has 47 valence electrons. The van der Waals surface area contributed by atoms with Crippen LogP contribution in [0.3, 0.4) is 0 Å². The highest BCUT2D eigenvalue weighted by atomic mass is 79.9. The van der Waals surface area contributed by atoms with Crippen LogP contribution < -0.4 is 0 Å². The molecule has 1 aromatic carbocycles. The lowest BCUT2D eigenvalue weighted by molar-refractivity contribution is 0.619. The first-order valence-electron chi connectivity index (χ1n) is 2.53. The van der Waals surface area contributed by atoms with Gasteiger partial charge < -0.3 is 0 Å². The van der Waals surface area contributed by atoms with Crippen molar-refractivity contribution in [2.45, 2.75) is 6.92 Å². The predicted molar refractivity (Wildman–Crippen MR) is 37.7 cm³/mol. The van der Waals surface area contributed by atoms with E-state index in [4.69, 9.17) is 0 Å². The molecule has 0 fully saturated rings. The standard InChI is InChI=1S/C7H5BrF/c1-5-2-3-6(8)7(9)4-5/h2,4H,1H3. The van der Waals surface area contributed by atoms with Gasteiger partial charge in [-0.15, -0.1) is 0 Å². The van der Waals surface area contributed by atoms with Gasteiger partial charge in [-0.3, -0.25) is 0 Å². The van der Waals surface area contributed by atoms with Crippen LogP contribution in [-0.4, -0.2) is 0 Å². The van der Waals surface area contributed by atoms with Crippen molar-refractivity contribution in [1.29, 1.82) is 0 Å². The van der Waals surface area contributed by atoms with Crippen LogP contribution in [0.15, 0.2) is 16.6 Å². The van der Waals surface area contributed by atoms with Gasteiger partial charge in [0.15, 0.2) is 0 Å². The minimum absolute atomic E-state index is 0.255. The molecule has 1 aromatic rings. The monoisotopic (exact) mass is 187 g/mol. The molecule has 0 amide bonds. The van der Waals surface area contributed by atoms with Crippen LogP contribution in [0.2, 0.25) is 0 Å². The minimum atomic E-state index is -0.255. The molecular formula is C7H5BrF. The summed E-state index contributed by atoms with van der Waals surface area (Å²) >= 11 is 3.00. The number of hydrogen-bond acceptors (Lipinski definition) is 0. The number of aryl methyl sites for hydroxylation is 1. The van der Waals surface area contributed by atoms with Gasteiger partial charge in [-0.25, -0.2) is 4.39 Å². The molecule has 1 rings (SSSR count). The second kappa shape index (κ2) is 2.48. The zero-order chi connectivity index (χ0) is 6.85. The van der Waals surface area contributed by atoms with Crippen molar-refractivity contribution in [3.8, 4) is 0 Å². The molecule has 0 aromatic heterocycles. The Hall–Kier alpha value is -0.370. The lowest BCUT2D eigenvalue weighted by atomic mass is 10.2. The molecule has 2 heteroatoms. The fraction of sp³-hybridized carbons (Fsp3) is 0.143. The molecule has 0 heterocycles. The molecule has 0 spiro atoms. The van der Waals surface area contributed by atoms with Gasteiger partial charge in [0.1, 0.15) is 5.82 Å². The lowest BCUT2D eigenvalue weighted by Crippen LogP contribution is -1.77. The Kier molecular flexibility index (Phi) is 1.86. The van der Waals surface area contributed by atoms with E-state index in [1.807, 2.05) is 6.92 Å². The molecule has 0 nitrogen and oxygen atoms in total. The van der Waals surface area contributed by atoms with Gasteiger partial charge in [-0.1, -0.05) is 6.07 Å². The van der Waals surface area contributed by atoms with Crippen molar-refractivity contribution >= 4 is 15.9 Å². The van der Waals surface area contributed by atoms with E-state index in [2.05, 4.69) is 22.0 Å². The third kappa shape index (κ3) is 1.52. The van der Waals surface area contributed by atoms with Gasteiger partial charge >= 0.3 is 0 Å². The third-order valence-electron chi connectivity index (χ3n) is 0.991. The molecule has 0 unspecified atom stereocenters. The van der Waals surface area contributed by atoms with Crippen LogP contribution in [0.4, 0.5) is 4.39 Å². The van der Waals surface area contributed by atoms with Gasteiger partial charge in [-0.2, -0.15) is 0 Å². The van der Waals surface area contributed by atoms with Crippen molar-refractivity contribution in [3.05, 3.63) is 34.1 Å². The molecular weight excluding hydrogens is 183 g/mol. The summed E-state index contributed by atoms with van der Waals surface area (Å²) in [6, 6.07) is 5.90. The van der Waals surface area contributed by atoms with E-state index in [-0.39, 0.29) is 5.82 Å². The first-order valence-corrected chi connectivity index (χ1v) is 3.33. The molecule has 0 aliphatic carbocycles. The summed E-state index contributed by atoms with van der Waals surface area (Å²) < 4.78 is 12.9. The Morgan fingerprint density at radius 2 is 2.33 bits per heavy atom. The van der Waals surface area contributed by atoms with Crippen molar-refractivity contribution in [2.24, 2.45) is 0 Å². The van der Waals surface area contributed by atoms with Gasteiger partial charge in [0.05, 0.1) is 4.47 Å². The molecule has 0 N–H and O–H groups in total. The summed E-state index contributed by atoms with van der Waals surface area (Å²) in [5.41, 5.74) is 0.885. The Labute approximate surface area is 61.8 Å². The minimum Gasteiger partial charge on any atom is -0.206 e. The Bertz CT molecular complexity index is 220. The molecule has 0 aliphatic heterocycles. The van der Waals surface area contributed by atoms with E-state index >= 15 is 0 Å². The van der Waals surface area contributed by atoms with E-state index in [0.717, 1.165) is 5.56 Å². The third-order valence-corrected chi connectivity index (χ3v) is 1.60. The maximum Gasteiger partial charge on any atom is 0.138 e. The summed E-state index contributed by atoms with van der Waals surface area (Å²) in [5, 5.41) is 0.